The van der Waals surface area contributed by atoms with Crippen molar-refractivity contribution >= 4 is 5.97 Å². The molecule has 0 aromatic rings. The fourth-order valence-corrected chi connectivity index (χ4v) is 2.35. The van der Waals surface area contributed by atoms with Crippen molar-refractivity contribution < 1.29 is 14.3 Å². The van der Waals surface area contributed by atoms with Gasteiger partial charge in [0.1, 0.15) is 5.54 Å². The second kappa shape index (κ2) is 2.69. The highest BCUT2D eigenvalue weighted by atomic mass is 16.5. The van der Waals surface area contributed by atoms with E-state index in [0.717, 1.165) is 32.5 Å². The van der Waals surface area contributed by atoms with E-state index in [1.807, 2.05) is 0 Å². The Morgan fingerprint density at radius 3 is 2.62 bits per heavy atom. The summed E-state index contributed by atoms with van der Waals surface area (Å²) in [6, 6.07) is 0. The maximum absolute atomic E-state index is 11.4. The van der Waals surface area contributed by atoms with Crippen molar-refractivity contribution in [1.29, 1.82) is 0 Å². The van der Waals surface area contributed by atoms with Gasteiger partial charge in [-0.1, -0.05) is 0 Å². The molecular formula is C9H15NO3. The third-order valence-electron chi connectivity index (χ3n) is 3.44. The summed E-state index contributed by atoms with van der Waals surface area (Å²) in [7, 11) is 1.39. The van der Waals surface area contributed by atoms with E-state index >= 15 is 0 Å². The SMILES string of the molecule is COC(=O)C1(N)CC12CCOCC2. The van der Waals surface area contributed by atoms with Crippen molar-refractivity contribution in [3.8, 4) is 0 Å². The summed E-state index contributed by atoms with van der Waals surface area (Å²) in [5.74, 6) is -0.269. The van der Waals surface area contributed by atoms with Crippen LogP contribution in [0, 0.1) is 5.41 Å². The van der Waals surface area contributed by atoms with Crippen LogP contribution >= 0.6 is 0 Å². The smallest absolute Gasteiger partial charge is 0.326 e. The van der Waals surface area contributed by atoms with Gasteiger partial charge >= 0.3 is 5.97 Å². The summed E-state index contributed by atoms with van der Waals surface area (Å²) in [5.41, 5.74) is 5.25. The highest BCUT2D eigenvalue weighted by Gasteiger charge is 2.70. The number of methoxy groups -OCH3 is 1. The van der Waals surface area contributed by atoms with Gasteiger partial charge in [-0.15, -0.1) is 0 Å². The second-order valence-corrected chi connectivity index (χ2v) is 4.03. The third-order valence-corrected chi connectivity index (χ3v) is 3.44. The Hall–Kier alpha value is -0.610. The maximum Gasteiger partial charge on any atom is 0.326 e. The number of hydrogen-bond acceptors (Lipinski definition) is 4. The largest absolute Gasteiger partial charge is 0.468 e. The first kappa shape index (κ1) is 8.97. The average Bonchev–Trinajstić information content (AvgIpc) is 2.72. The lowest BCUT2D eigenvalue weighted by Crippen LogP contribution is -2.42. The maximum atomic E-state index is 11.4. The van der Waals surface area contributed by atoms with E-state index in [1.54, 1.807) is 0 Å². The van der Waals surface area contributed by atoms with Crippen LogP contribution in [0.5, 0.6) is 0 Å². The molecule has 1 saturated carbocycles. The first-order valence-electron chi connectivity index (χ1n) is 4.60. The Morgan fingerprint density at radius 1 is 1.46 bits per heavy atom. The minimum atomic E-state index is -0.717. The predicted octanol–water partition coefficient (Wildman–Crippen LogP) is 0.0574. The molecule has 1 heterocycles. The van der Waals surface area contributed by atoms with Crippen LogP contribution < -0.4 is 5.73 Å². The zero-order chi connectivity index (χ0) is 9.53. The van der Waals surface area contributed by atoms with E-state index in [2.05, 4.69) is 0 Å². The van der Waals surface area contributed by atoms with E-state index in [1.165, 1.54) is 7.11 Å². The van der Waals surface area contributed by atoms with Crippen LogP contribution in [0.3, 0.4) is 0 Å². The molecule has 0 amide bonds. The van der Waals surface area contributed by atoms with Crippen LogP contribution in [0.2, 0.25) is 0 Å². The van der Waals surface area contributed by atoms with Crippen molar-refractivity contribution in [1.82, 2.24) is 0 Å². The van der Waals surface area contributed by atoms with Crippen molar-refractivity contribution in [3.05, 3.63) is 0 Å². The summed E-state index contributed by atoms with van der Waals surface area (Å²) >= 11 is 0. The van der Waals surface area contributed by atoms with Crippen LogP contribution in [0.15, 0.2) is 0 Å². The van der Waals surface area contributed by atoms with Crippen LogP contribution in [0.4, 0.5) is 0 Å². The molecule has 1 saturated heterocycles. The number of hydrogen-bond donors (Lipinski definition) is 1. The first-order valence-corrected chi connectivity index (χ1v) is 4.60. The van der Waals surface area contributed by atoms with Crippen molar-refractivity contribution in [2.75, 3.05) is 20.3 Å². The molecule has 0 aromatic heterocycles. The molecule has 2 aliphatic rings. The van der Waals surface area contributed by atoms with E-state index in [9.17, 15) is 4.79 Å². The number of carbonyl (C=O) groups is 1. The van der Waals surface area contributed by atoms with E-state index in [4.69, 9.17) is 15.2 Å². The Kier molecular flexibility index (Phi) is 1.85. The van der Waals surface area contributed by atoms with E-state index < -0.39 is 5.54 Å². The molecule has 0 radical (unpaired) electrons. The molecule has 4 nitrogen and oxygen atoms in total. The van der Waals surface area contributed by atoms with Gasteiger partial charge in [0.2, 0.25) is 0 Å². The Bertz CT molecular complexity index is 235. The molecule has 13 heavy (non-hydrogen) atoms. The Morgan fingerprint density at radius 2 is 2.08 bits per heavy atom. The van der Waals surface area contributed by atoms with E-state index in [-0.39, 0.29) is 11.4 Å². The molecule has 74 valence electrons. The molecule has 1 aliphatic heterocycles. The van der Waals surface area contributed by atoms with Crippen molar-refractivity contribution in [3.63, 3.8) is 0 Å². The Labute approximate surface area is 77.4 Å². The van der Waals surface area contributed by atoms with E-state index in [0.29, 0.717) is 0 Å². The lowest BCUT2D eigenvalue weighted by atomic mass is 9.91. The van der Waals surface area contributed by atoms with Gasteiger partial charge in [0.15, 0.2) is 0 Å². The molecule has 2 N–H and O–H groups in total. The number of rotatable bonds is 1. The van der Waals surface area contributed by atoms with Crippen LogP contribution in [-0.2, 0) is 14.3 Å². The summed E-state index contributed by atoms with van der Waals surface area (Å²) in [4.78, 5) is 11.4. The van der Waals surface area contributed by atoms with Gasteiger partial charge in [-0.2, -0.15) is 0 Å². The van der Waals surface area contributed by atoms with Gasteiger partial charge in [0.05, 0.1) is 7.11 Å². The highest BCUT2D eigenvalue weighted by molar-refractivity contribution is 5.86. The summed E-state index contributed by atoms with van der Waals surface area (Å²) in [5, 5.41) is 0. The summed E-state index contributed by atoms with van der Waals surface area (Å²) in [6.45, 7) is 1.44. The molecule has 1 spiro atoms. The fraction of sp³-hybridized carbons (Fsp3) is 0.889. The molecule has 1 unspecified atom stereocenters. The fourth-order valence-electron chi connectivity index (χ4n) is 2.35. The normalized spacial score (nSPS) is 35.8. The average molecular weight is 185 g/mol. The molecular weight excluding hydrogens is 170 g/mol. The Balaban J connectivity index is 2.09. The highest BCUT2D eigenvalue weighted by Crippen LogP contribution is 2.61. The number of nitrogens with two attached hydrogens (primary N) is 1. The van der Waals surface area contributed by atoms with Crippen LogP contribution in [0.25, 0.3) is 0 Å². The monoisotopic (exact) mass is 185 g/mol. The number of ether oxygens (including phenoxy) is 2. The minimum absolute atomic E-state index is 0.0155. The molecule has 0 aromatic carbocycles. The van der Waals surface area contributed by atoms with Crippen LogP contribution in [0.1, 0.15) is 19.3 Å². The lowest BCUT2D eigenvalue weighted by molar-refractivity contribution is -0.145. The zero-order valence-corrected chi connectivity index (χ0v) is 7.84. The number of carbonyl (C=O) groups excluding carboxylic acids is 1. The van der Waals surface area contributed by atoms with Gasteiger partial charge in [0.25, 0.3) is 0 Å². The third kappa shape index (κ3) is 1.09. The molecule has 0 bridgehead atoms. The topological polar surface area (TPSA) is 61.5 Å². The minimum Gasteiger partial charge on any atom is -0.468 e. The summed E-state index contributed by atoms with van der Waals surface area (Å²) in [6.07, 6.45) is 2.53. The summed E-state index contributed by atoms with van der Waals surface area (Å²) < 4.78 is 9.94. The quantitative estimate of drug-likeness (QED) is 0.587. The van der Waals surface area contributed by atoms with Gasteiger partial charge < -0.3 is 15.2 Å². The van der Waals surface area contributed by atoms with Gasteiger partial charge in [-0.3, -0.25) is 4.79 Å². The lowest BCUT2D eigenvalue weighted by Gasteiger charge is -2.25. The van der Waals surface area contributed by atoms with Gasteiger partial charge in [-0.05, 0) is 19.3 Å². The zero-order valence-electron chi connectivity index (χ0n) is 7.84. The molecule has 2 rings (SSSR count). The molecule has 2 fully saturated rings. The predicted molar refractivity (Wildman–Crippen MR) is 46.0 cm³/mol. The van der Waals surface area contributed by atoms with Gasteiger partial charge in [-0.25, -0.2) is 0 Å². The molecule has 1 atom stereocenters. The molecule has 4 heteroatoms. The van der Waals surface area contributed by atoms with Crippen molar-refractivity contribution in [2.45, 2.75) is 24.8 Å². The van der Waals surface area contributed by atoms with Gasteiger partial charge in [0, 0.05) is 18.6 Å². The molecule has 1 aliphatic carbocycles. The van der Waals surface area contributed by atoms with Crippen LogP contribution in [-0.4, -0.2) is 31.8 Å². The number of esters is 1. The first-order chi connectivity index (χ1) is 6.15. The second-order valence-electron chi connectivity index (χ2n) is 4.03. The van der Waals surface area contributed by atoms with Crippen molar-refractivity contribution in [2.24, 2.45) is 11.1 Å². The standard InChI is InChI=1S/C9H15NO3/c1-12-7(11)9(10)6-8(9)2-4-13-5-3-8/h2-6,10H2,1H3.